The van der Waals surface area contributed by atoms with Gasteiger partial charge in [-0.15, -0.1) is 0 Å². The Bertz CT molecular complexity index is 1440. The van der Waals surface area contributed by atoms with Crippen LogP contribution in [-0.4, -0.2) is 58.3 Å². The summed E-state index contributed by atoms with van der Waals surface area (Å²) in [5.74, 6) is 0.595. The molecular formula is C27H26ClN7O2. The molecule has 2 aromatic carbocycles. The van der Waals surface area contributed by atoms with E-state index in [1.54, 1.807) is 34.0 Å². The van der Waals surface area contributed by atoms with E-state index in [2.05, 4.69) is 49.6 Å². The first kappa shape index (κ1) is 23.6. The highest BCUT2D eigenvalue weighted by molar-refractivity contribution is 6.28. The molecule has 3 N–H and O–H groups in total. The maximum atomic E-state index is 10.9. The summed E-state index contributed by atoms with van der Waals surface area (Å²) < 4.78 is 3.45. The lowest BCUT2D eigenvalue weighted by atomic mass is 9.91. The van der Waals surface area contributed by atoms with Crippen molar-refractivity contribution in [2.24, 2.45) is 0 Å². The van der Waals surface area contributed by atoms with Crippen LogP contribution in [0.5, 0.6) is 0 Å². The van der Waals surface area contributed by atoms with E-state index in [0.717, 1.165) is 0 Å². The summed E-state index contributed by atoms with van der Waals surface area (Å²) in [6.45, 7) is 0.565. The third-order valence-corrected chi connectivity index (χ3v) is 7.28. The van der Waals surface area contributed by atoms with Gasteiger partial charge in [0.2, 0.25) is 5.28 Å². The van der Waals surface area contributed by atoms with Crippen LogP contribution in [0.4, 0.5) is 5.82 Å². The van der Waals surface area contributed by atoms with Gasteiger partial charge in [0.15, 0.2) is 17.0 Å². The standard InChI is InChI=1S/C27H26ClN7O2/c28-27-32-25(29-15-19(17-8-3-1-4-9-17)18-10-5-2-6-11-18)22-26(33-27)34(16-30-22)20-14-21(24(37)23(20)36)35-13-7-12-31-35/h1-13,16,19-21,23-24,36-37H,14-15H2,(H,29,32,33)/t20-,21+,23+,24-/m1/s1. The van der Waals surface area contributed by atoms with Crippen molar-refractivity contribution in [1.29, 1.82) is 0 Å². The smallest absolute Gasteiger partial charge is 0.226 e. The Labute approximate surface area is 218 Å². The molecule has 9 nitrogen and oxygen atoms in total. The average molecular weight is 516 g/mol. The molecule has 3 heterocycles. The summed E-state index contributed by atoms with van der Waals surface area (Å²) in [4.78, 5) is 13.4. The third kappa shape index (κ3) is 4.46. The van der Waals surface area contributed by atoms with Crippen molar-refractivity contribution in [3.63, 3.8) is 0 Å². The molecule has 1 aliphatic rings. The first-order valence-corrected chi connectivity index (χ1v) is 12.6. The van der Waals surface area contributed by atoms with Gasteiger partial charge in [-0.25, -0.2) is 4.98 Å². The van der Waals surface area contributed by atoms with Crippen LogP contribution in [0.2, 0.25) is 5.28 Å². The minimum Gasteiger partial charge on any atom is -0.388 e. The molecule has 0 spiro atoms. The number of aliphatic hydroxyl groups is 2. The van der Waals surface area contributed by atoms with E-state index in [9.17, 15) is 10.2 Å². The summed E-state index contributed by atoms with van der Waals surface area (Å²) >= 11 is 6.35. The zero-order valence-corrected chi connectivity index (χ0v) is 20.6. The molecule has 4 atom stereocenters. The van der Waals surface area contributed by atoms with Gasteiger partial charge in [0.1, 0.15) is 12.2 Å². The molecule has 1 fully saturated rings. The molecule has 0 aliphatic heterocycles. The maximum absolute atomic E-state index is 10.9. The van der Waals surface area contributed by atoms with Crippen molar-refractivity contribution in [2.45, 2.75) is 36.6 Å². The number of nitrogens with one attached hydrogen (secondary N) is 1. The first-order chi connectivity index (χ1) is 18.1. The molecule has 0 amide bonds. The lowest BCUT2D eigenvalue weighted by Crippen LogP contribution is -2.30. The van der Waals surface area contributed by atoms with Crippen LogP contribution < -0.4 is 5.32 Å². The third-order valence-electron chi connectivity index (χ3n) is 7.11. The van der Waals surface area contributed by atoms with Gasteiger partial charge in [-0.05, 0) is 35.2 Å². The van der Waals surface area contributed by atoms with Gasteiger partial charge in [-0.3, -0.25) is 4.68 Å². The van der Waals surface area contributed by atoms with E-state index in [0.29, 0.717) is 29.9 Å². The highest BCUT2D eigenvalue weighted by Gasteiger charge is 2.44. The summed E-state index contributed by atoms with van der Waals surface area (Å²) in [6, 6.07) is 21.6. The average Bonchev–Trinajstić information content (AvgIpc) is 3.66. The van der Waals surface area contributed by atoms with E-state index in [1.165, 1.54) is 11.1 Å². The van der Waals surface area contributed by atoms with E-state index >= 15 is 0 Å². The van der Waals surface area contributed by atoms with Crippen molar-refractivity contribution in [1.82, 2.24) is 29.3 Å². The van der Waals surface area contributed by atoms with Gasteiger partial charge in [0.25, 0.3) is 0 Å². The molecule has 1 saturated carbocycles. The summed E-state index contributed by atoms with van der Waals surface area (Å²) in [6.07, 6.45) is 3.53. The van der Waals surface area contributed by atoms with Crippen LogP contribution in [0.3, 0.4) is 0 Å². The second-order valence-corrected chi connectivity index (χ2v) is 9.60. The lowest BCUT2D eigenvalue weighted by molar-refractivity contribution is 0.00722. The second kappa shape index (κ2) is 9.93. The number of halogens is 1. The SMILES string of the molecule is O[C@@H]1[C@H](O)[C@@H](n2cccn2)C[C@H]1n1cnc2c(NCC(c3ccccc3)c3ccccc3)nc(Cl)nc21. The summed E-state index contributed by atoms with van der Waals surface area (Å²) in [5, 5.41) is 29.4. The molecule has 0 bridgehead atoms. The van der Waals surface area contributed by atoms with E-state index in [4.69, 9.17) is 11.6 Å². The number of aliphatic hydroxyl groups excluding tert-OH is 2. The van der Waals surface area contributed by atoms with Crippen LogP contribution in [0.15, 0.2) is 85.5 Å². The number of benzene rings is 2. The number of aromatic nitrogens is 6. The van der Waals surface area contributed by atoms with Crippen molar-refractivity contribution in [3.8, 4) is 0 Å². The maximum Gasteiger partial charge on any atom is 0.226 e. The van der Waals surface area contributed by atoms with Crippen LogP contribution in [0.1, 0.15) is 35.5 Å². The fraction of sp³-hybridized carbons (Fsp3) is 0.259. The second-order valence-electron chi connectivity index (χ2n) is 9.26. The topological polar surface area (TPSA) is 114 Å². The van der Waals surface area contributed by atoms with Crippen LogP contribution >= 0.6 is 11.6 Å². The predicted octanol–water partition coefficient (Wildman–Crippen LogP) is 3.83. The molecule has 0 saturated heterocycles. The van der Waals surface area contributed by atoms with Crippen molar-refractivity contribution in [3.05, 3.63) is 102 Å². The van der Waals surface area contributed by atoms with Gasteiger partial charge >= 0.3 is 0 Å². The van der Waals surface area contributed by atoms with E-state index < -0.39 is 18.2 Å². The highest BCUT2D eigenvalue weighted by Crippen LogP contribution is 2.40. The number of fused-ring (bicyclic) bond motifs is 1. The molecule has 0 unspecified atom stereocenters. The summed E-state index contributed by atoms with van der Waals surface area (Å²) in [7, 11) is 0. The Kier molecular flexibility index (Phi) is 6.33. The Hall–Kier alpha value is -3.79. The largest absolute Gasteiger partial charge is 0.388 e. The van der Waals surface area contributed by atoms with Crippen LogP contribution in [0.25, 0.3) is 11.2 Å². The monoisotopic (exact) mass is 515 g/mol. The predicted molar refractivity (Wildman–Crippen MR) is 140 cm³/mol. The Morgan fingerprint density at radius 2 is 1.59 bits per heavy atom. The number of hydrogen-bond acceptors (Lipinski definition) is 7. The van der Waals surface area contributed by atoms with Gasteiger partial charge in [0.05, 0.1) is 18.4 Å². The van der Waals surface area contributed by atoms with Crippen LogP contribution in [-0.2, 0) is 0 Å². The molecular weight excluding hydrogens is 490 g/mol. The number of hydrogen-bond donors (Lipinski definition) is 3. The Morgan fingerprint density at radius 3 is 2.24 bits per heavy atom. The lowest BCUT2D eigenvalue weighted by Gasteiger charge is -2.20. The van der Waals surface area contributed by atoms with Crippen molar-refractivity contribution < 1.29 is 10.2 Å². The molecule has 10 heteroatoms. The number of anilines is 1. The molecule has 6 rings (SSSR count). The molecule has 188 valence electrons. The number of rotatable bonds is 7. The van der Waals surface area contributed by atoms with Crippen molar-refractivity contribution >= 4 is 28.6 Å². The molecule has 0 radical (unpaired) electrons. The molecule has 37 heavy (non-hydrogen) atoms. The molecule has 5 aromatic rings. The summed E-state index contributed by atoms with van der Waals surface area (Å²) in [5.41, 5.74) is 3.40. The number of imidazole rings is 1. The minimum atomic E-state index is -1.02. The highest BCUT2D eigenvalue weighted by atomic mass is 35.5. The zero-order chi connectivity index (χ0) is 25.4. The zero-order valence-electron chi connectivity index (χ0n) is 19.8. The quantitative estimate of drug-likeness (QED) is 0.282. The van der Waals surface area contributed by atoms with E-state index in [-0.39, 0.29) is 17.2 Å². The number of nitrogens with zero attached hydrogens (tertiary/aromatic N) is 6. The Balaban J connectivity index is 1.31. The normalized spacial score (nSPS) is 21.6. The van der Waals surface area contributed by atoms with Crippen molar-refractivity contribution in [2.75, 3.05) is 11.9 Å². The minimum absolute atomic E-state index is 0.0735. The first-order valence-electron chi connectivity index (χ1n) is 12.2. The fourth-order valence-electron chi connectivity index (χ4n) is 5.25. The fourth-order valence-corrected chi connectivity index (χ4v) is 5.42. The van der Waals surface area contributed by atoms with Gasteiger partial charge < -0.3 is 20.1 Å². The molecule has 3 aromatic heterocycles. The van der Waals surface area contributed by atoms with Gasteiger partial charge in [-0.2, -0.15) is 15.1 Å². The van der Waals surface area contributed by atoms with Gasteiger partial charge in [-0.1, -0.05) is 60.7 Å². The molecule has 1 aliphatic carbocycles. The van der Waals surface area contributed by atoms with Crippen LogP contribution in [0, 0.1) is 0 Å². The Morgan fingerprint density at radius 1 is 0.919 bits per heavy atom. The van der Waals surface area contributed by atoms with E-state index in [1.807, 2.05) is 36.4 Å². The van der Waals surface area contributed by atoms with Gasteiger partial charge in [0, 0.05) is 24.9 Å².